The Morgan fingerprint density at radius 1 is 1.20 bits per heavy atom. The molecule has 0 fully saturated rings. The van der Waals surface area contributed by atoms with Crippen molar-refractivity contribution in [1.29, 1.82) is 0 Å². The fraction of sp³-hybridized carbons (Fsp3) is 0.353. The second-order valence-corrected chi connectivity index (χ2v) is 4.67. The fourth-order valence-electron chi connectivity index (χ4n) is 2.36. The number of ether oxygens (including phenoxy) is 1. The number of rotatable bonds is 6. The van der Waals surface area contributed by atoms with Crippen LogP contribution in [-0.2, 0) is 0 Å². The summed E-state index contributed by atoms with van der Waals surface area (Å²) in [5.74, 6) is 0.912. The van der Waals surface area contributed by atoms with Gasteiger partial charge in [-0.3, -0.25) is 4.98 Å². The zero-order chi connectivity index (χ0) is 14.4. The van der Waals surface area contributed by atoms with E-state index in [2.05, 4.69) is 35.4 Å². The molecule has 0 aliphatic carbocycles. The third-order valence-corrected chi connectivity index (χ3v) is 3.27. The van der Waals surface area contributed by atoms with Crippen molar-refractivity contribution in [2.45, 2.75) is 26.8 Å². The molecule has 1 atom stereocenters. The van der Waals surface area contributed by atoms with E-state index >= 15 is 0 Å². The van der Waals surface area contributed by atoms with E-state index < -0.39 is 0 Å². The summed E-state index contributed by atoms with van der Waals surface area (Å²) < 4.78 is 5.60. The number of benzene rings is 1. The molecule has 0 saturated carbocycles. The maximum Gasteiger partial charge on any atom is 0.119 e. The van der Waals surface area contributed by atoms with Crippen LogP contribution in [0, 0.1) is 6.92 Å². The maximum absolute atomic E-state index is 5.60. The van der Waals surface area contributed by atoms with Crippen LogP contribution in [0.3, 0.4) is 0 Å². The molecule has 3 heteroatoms. The van der Waals surface area contributed by atoms with Gasteiger partial charge in [0, 0.05) is 11.9 Å². The molecule has 0 aliphatic heterocycles. The van der Waals surface area contributed by atoms with E-state index in [0.717, 1.165) is 18.0 Å². The Labute approximate surface area is 121 Å². The second-order valence-electron chi connectivity index (χ2n) is 4.67. The number of pyridine rings is 1. The van der Waals surface area contributed by atoms with Crippen molar-refractivity contribution in [3.8, 4) is 5.75 Å². The first kappa shape index (κ1) is 14.5. The van der Waals surface area contributed by atoms with Crippen molar-refractivity contribution in [2.24, 2.45) is 0 Å². The number of aryl methyl sites for hydroxylation is 1. The van der Waals surface area contributed by atoms with Crippen LogP contribution in [0.2, 0.25) is 0 Å². The van der Waals surface area contributed by atoms with Gasteiger partial charge < -0.3 is 10.1 Å². The Morgan fingerprint density at radius 3 is 2.75 bits per heavy atom. The normalized spacial score (nSPS) is 12.2. The van der Waals surface area contributed by atoms with Gasteiger partial charge in [0.1, 0.15) is 5.75 Å². The zero-order valence-electron chi connectivity index (χ0n) is 12.4. The molecule has 0 bridgehead atoms. The summed E-state index contributed by atoms with van der Waals surface area (Å²) in [6, 6.07) is 12.5. The molecule has 0 radical (unpaired) electrons. The quantitative estimate of drug-likeness (QED) is 0.872. The van der Waals surface area contributed by atoms with E-state index in [0.29, 0.717) is 6.61 Å². The minimum atomic E-state index is 0.147. The molecule has 1 aromatic carbocycles. The van der Waals surface area contributed by atoms with Gasteiger partial charge in [0.25, 0.3) is 0 Å². The molecule has 1 N–H and O–H groups in total. The Balaban J connectivity index is 2.38. The van der Waals surface area contributed by atoms with Crippen LogP contribution in [0.15, 0.2) is 42.6 Å². The van der Waals surface area contributed by atoms with E-state index in [-0.39, 0.29) is 6.04 Å². The Kier molecular flexibility index (Phi) is 5.13. The molecule has 0 saturated heterocycles. The van der Waals surface area contributed by atoms with Gasteiger partial charge in [-0.05, 0) is 49.7 Å². The SMILES string of the molecule is CCNC(c1cccc(OCC)c1)c1cccnc1C. The number of hydrogen-bond donors (Lipinski definition) is 1. The van der Waals surface area contributed by atoms with E-state index in [1.54, 1.807) is 0 Å². The Bertz CT molecular complexity index is 554. The van der Waals surface area contributed by atoms with Crippen LogP contribution in [-0.4, -0.2) is 18.1 Å². The molecule has 0 aliphatic rings. The molecule has 1 unspecified atom stereocenters. The largest absolute Gasteiger partial charge is 0.494 e. The average molecular weight is 270 g/mol. The molecular weight excluding hydrogens is 248 g/mol. The van der Waals surface area contributed by atoms with E-state index in [9.17, 15) is 0 Å². The highest BCUT2D eigenvalue weighted by molar-refractivity contribution is 5.38. The first-order valence-corrected chi connectivity index (χ1v) is 7.14. The van der Waals surface area contributed by atoms with Crippen molar-refractivity contribution < 1.29 is 4.74 Å². The first-order valence-electron chi connectivity index (χ1n) is 7.14. The van der Waals surface area contributed by atoms with Gasteiger partial charge in [0.15, 0.2) is 0 Å². The molecule has 0 spiro atoms. The van der Waals surface area contributed by atoms with Gasteiger partial charge in [-0.1, -0.05) is 25.1 Å². The second kappa shape index (κ2) is 7.06. The predicted octanol–water partition coefficient (Wildman–Crippen LogP) is 3.49. The molecule has 0 amide bonds. The highest BCUT2D eigenvalue weighted by Gasteiger charge is 2.15. The maximum atomic E-state index is 5.60. The van der Waals surface area contributed by atoms with Crippen LogP contribution < -0.4 is 10.1 Å². The molecule has 1 aromatic heterocycles. The minimum Gasteiger partial charge on any atom is -0.494 e. The predicted molar refractivity (Wildman–Crippen MR) is 82.1 cm³/mol. The van der Waals surface area contributed by atoms with Crippen LogP contribution in [0.25, 0.3) is 0 Å². The summed E-state index contributed by atoms with van der Waals surface area (Å²) in [4.78, 5) is 4.40. The highest BCUT2D eigenvalue weighted by atomic mass is 16.5. The van der Waals surface area contributed by atoms with Crippen LogP contribution in [0.5, 0.6) is 5.75 Å². The number of nitrogens with zero attached hydrogens (tertiary/aromatic N) is 1. The fourth-order valence-corrected chi connectivity index (χ4v) is 2.36. The smallest absolute Gasteiger partial charge is 0.119 e. The summed E-state index contributed by atoms with van der Waals surface area (Å²) in [5.41, 5.74) is 3.47. The van der Waals surface area contributed by atoms with Crippen LogP contribution in [0.1, 0.15) is 36.7 Å². The summed E-state index contributed by atoms with van der Waals surface area (Å²) in [6.07, 6.45) is 1.83. The summed E-state index contributed by atoms with van der Waals surface area (Å²) in [7, 11) is 0. The average Bonchev–Trinajstić information content (AvgIpc) is 2.46. The summed E-state index contributed by atoms with van der Waals surface area (Å²) in [6.45, 7) is 7.75. The van der Waals surface area contributed by atoms with Gasteiger partial charge in [0.05, 0.1) is 12.6 Å². The molecule has 2 rings (SSSR count). The van der Waals surface area contributed by atoms with Crippen molar-refractivity contribution in [3.05, 3.63) is 59.4 Å². The number of nitrogens with one attached hydrogen (secondary N) is 1. The van der Waals surface area contributed by atoms with Crippen LogP contribution >= 0.6 is 0 Å². The zero-order valence-corrected chi connectivity index (χ0v) is 12.4. The minimum absolute atomic E-state index is 0.147. The Hall–Kier alpha value is -1.87. The first-order chi connectivity index (χ1) is 9.76. The summed E-state index contributed by atoms with van der Waals surface area (Å²) >= 11 is 0. The molecule has 20 heavy (non-hydrogen) atoms. The lowest BCUT2D eigenvalue weighted by Crippen LogP contribution is -2.23. The van der Waals surface area contributed by atoms with Gasteiger partial charge in [-0.15, -0.1) is 0 Å². The topological polar surface area (TPSA) is 34.1 Å². The van der Waals surface area contributed by atoms with E-state index in [1.165, 1.54) is 11.1 Å². The summed E-state index contributed by atoms with van der Waals surface area (Å²) in [5, 5.41) is 3.53. The Morgan fingerprint density at radius 2 is 2.05 bits per heavy atom. The van der Waals surface area contributed by atoms with Gasteiger partial charge >= 0.3 is 0 Å². The molecule has 1 heterocycles. The van der Waals surface area contributed by atoms with Crippen molar-refractivity contribution >= 4 is 0 Å². The lowest BCUT2D eigenvalue weighted by atomic mass is 9.97. The molecule has 2 aromatic rings. The number of hydrogen-bond acceptors (Lipinski definition) is 3. The van der Waals surface area contributed by atoms with Gasteiger partial charge in [-0.25, -0.2) is 0 Å². The lowest BCUT2D eigenvalue weighted by Gasteiger charge is -2.21. The highest BCUT2D eigenvalue weighted by Crippen LogP contribution is 2.26. The number of aromatic nitrogens is 1. The van der Waals surface area contributed by atoms with Crippen molar-refractivity contribution in [1.82, 2.24) is 10.3 Å². The molecular formula is C17H22N2O. The monoisotopic (exact) mass is 270 g/mol. The van der Waals surface area contributed by atoms with Gasteiger partial charge in [0.2, 0.25) is 0 Å². The van der Waals surface area contributed by atoms with E-state index in [1.807, 2.05) is 38.2 Å². The van der Waals surface area contributed by atoms with Crippen molar-refractivity contribution in [2.75, 3.05) is 13.2 Å². The molecule has 3 nitrogen and oxygen atoms in total. The standard InChI is InChI=1S/C17H22N2O/c1-4-18-17(16-10-7-11-19-13(16)3)14-8-6-9-15(12-14)20-5-2/h6-12,17-18H,4-5H2,1-3H3. The third-order valence-electron chi connectivity index (χ3n) is 3.27. The van der Waals surface area contributed by atoms with Gasteiger partial charge in [-0.2, -0.15) is 0 Å². The van der Waals surface area contributed by atoms with E-state index in [4.69, 9.17) is 4.74 Å². The third kappa shape index (κ3) is 3.36. The van der Waals surface area contributed by atoms with Crippen LogP contribution in [0.4, 0.5) is 0 Å². The lowest BCUT2D eigenvalue weighted by molar-refractivity contribution is 0.339. The molecule has 106 valence electrons. The van der Waals surface area contributed by atoms with Crippen molar-refractivity contribution in [3.63, 3.8) is 0 Å².